The molecular weight excluding hydrogens is 458 g/mol. The number of sulfone groups is 1. The van der Waals surface area contributed by atoms with Crippen LogP contribution in [0, 0.1) is 5.92 Å². The molecule has 0 aliphatic heterocycles. The summed E-state index contributed by atoms with van der Waals surface area (Å²) in [6, 6.07) is 17.4. The summed E-state index contributed by atoms with van der Waals surface area (Å²) in [5, 5.41) is 11.8. The van der Waals surface area contributed by atoms with E-state index in [4.69, 9.17) is 0 Å². The third kappa shape index (κ3) is 4.83. The summed E-state index contributed by atoms with van der Waals surface area (Å²) in [5.74, 6) is -0.585. The van der Waals surface area contributed by atoms with Crippen LogP contribution >= 0.6 is 0 Å². The van der Waals surface area contributed by atoms with Crippen molar-refractivity contribution in [3.05, 3.63) is 96.8 Å². The third-order valence-corrected chi connectivity index (χ3v) is 9.76. The van der Waals surface area contributed by atoms with Gasteiger partial charge in [0.05, 0.1) is 15.5 Å². The van der Waals surface area contributed by atoms with Gasteiger partial charge in [-0.05, 0) is 61.9 Å². The molecule has 0 radical (unpaired) electrons. The second-order valence-corrected chi connectivity index (χ2v) is 12.4. The van der Waals surface area contributed by atoms with E-state index in [9.17, 15) is 21.9 Å². The van der Waals surface area contributed by atoms with Crippen LogP contribution in [0.3, 0.4) is 0 Å². The maximum Gasteiger partial charge on any atom is 0.267 e. The molecule has 1 N–H and O–H groups in total. The summed E-state index contributed by atoms with van der Waals surface area (Å²) in [5.41, 5.74) is -0.535. The minimum Gasteiger partial charge on any atom is -0.384 e. The van der Waals surface area contributed by atoms with Gasteiger partial charge in [0, 0.05) is 18.0 Å². The van der Waals surface area contributed by atoms with Crippen LogP contribution in [-0.4, -0.2) is 31.7 Å². The molecule has 3 aromatic rings. The fourth-order valence-electron chi connectivity index (χ4n) is 4.44. The minimum atomic E-state index is -3.87. The molecular formula is C25H27NO5S2. The van der Waals surface area contributed by atoms with Crippen molar-refractivity contribution < 1.29 is 21.9 Å². The van der Waals surface area contributed by atoms with E-state index in [1.807, 2.05) is 0 Å². The van der Waals surface area contributed by atoms with E-state index in [-0.39, 0.29) is 27.7 Å². The standard InChI is InChI=1S/C25H27NO5S2/c1-20-9-8-10-21(20)17-25(27,19-32(28,29)23-11-4-2-5-12-23)22-15-16-26(18-22)33(30,31)24-13-6-3-7-14-24/h2-7,11-16,18,21,27H,1,8-10,17,19H2. The molecule has 2 atom stereocenters. The Hall–Kier alpha value is -2.68. The quantitative estimate of drug-likeness (QED) is 0.484. The number of rotatable bonds is 8. The summed E-state index contributed by atoms with van der Waals surface area (Å²) in [6.45, 7) is 4.09. The van der Waals surface area contributed by atoms with Crippen LogP contribution in [0.5, 0.6) is 0 Å². The molecule has 4 rings (SSSR count). The monoisotopic (exact) mass is 485 g/mol. The SMILES string of the molecule is C=C1CCCC1CC(O)(CS(=O)(=O)c1ccccc1)c1ccn(S(=O)(=O)c2ccccc2)c1. The van der Waals surface area contributed by atoms with Crippen LogP contribution in [0.25, 0.3) is 0 Å². The van der Waals surface area contributed by atoms with Crippen molar-refractivity contribution >= 4 is 19.9 Å². The number of benzene rings is 2. The molecule has 1 saturated carbocycles. The van der Waals surface area contributed by atoms with Crippen molar-refractivity contribution in [3.63, 3.8) is 0 Å². The molecule has 2 aromatic carbocycles. The predicted molar refractivity (Wildman–Crippen MR) is 127 cm³/mol. The van der Waals surface area contributed by atoms with Crippen molar-refractivity contribution in [2.75, 3.05) is 5.75 Å². The Morgan fingerprint density at radius 2 is 1.55 bits per heavy atom. The molecule has 8 heteroatoms. The smallest absolute Gasteiger partial charge is 0.267 e. The largest absolute Gasteiger partial charge is 0.384 e. The Morgan fingerprint density at radius 3 is 2.12 bits per heavy atom. The lowest BCUT2D eigenvalue weighted by Crippen LogP contribution is -2.36. The van der Waals surface area contributed by atoms with Crippen molar-refractivity contribution in [2.45, 2.75) is 41.1 Å². The Morgan fingerprint density at radius 1 is 0.939 bits per heavy atom. The highest BCUT2D eigenvalue weighted by Gasteiger charge is 2.40. The molecule has 0 bridgehead atoms. The summed E-state index contributed by atoms with van der Waals surface area (Å²) in [7, 11) is -7.72. The van der Waals surface area contributed by atoms with Gasteiger partial charge in [-0.1, -0.05) is 48.6 Å². The number of allylic oxidation sites excluding steroid dienone is 1. The van der Waals surface area contributed by atoms with Crippen LogP contribution in [0.4, 0.5) is 0 Å². The molecule has 1 aromatic heterocycles. The van der Waals surface area contributed by atoms with Crippen LogP contribution in [-0.2, 0) is 25.5 Å². The normalized spacial score (nSPS) is 18.8. The Kier molecular flexibility index (Phi) is 6.35. The van der Waals surface area contributed by atoms with E-state index in [0.717, 1.165) is 28.8 Å². The second-order valence-electron chi connectivity index (χ2n) is 8.60. The maximum atomic E-state index is 13.2. The highest BCUT2D eigenvalue weighted by molar-refractivity contribution is 7.91. The molecule has 1 aliphatic carbocycles. The van der Waals surface area contributed by atoms with Gasteiger partial charge in [0.15, 0.2) is 9.84 Å². The van der Waals surface area contributed by atoms with Crippen LogP contribution in [0.2, 0.25) is 0 Å². The molecule has 1 fully saturated rings. The first-order valence-corrected chi connectivity index (χ1v) is 13.9. The van der Waals surface area contributed by atoms with Gasteiger partial charge >= 0.3 is 0 Å². The maximum absolute atomic E-state index is 13.2. The highest BCUT2D eigenvalue weighted by atomic mass is 32.2. The lowest BCUT2D eigenvalue weighted by atomic mass is 9.85. The van der Waals surface area contributed by atoms with Crippen molar-refractivity contribution in [1.29, 1.82) is 0 Å². The number of hydrogen-bond donors (Lipinski definition) is 1. The van der Waals surface area contributed by atoms with Crippen molar-refractivity contribution in [3.8, 4) is 0 Å². The van der Waals surface area contributed by atoms with Crippen LogP contribution in [0.1, 0.15) is 31.2 Å². The Bertz CT molecular complexity index is 1350. The molecule has 0 spiro atoms. The first-order chi connectivity index (χ1) is 15.6. The second kappa shape index (κ2) is 8.93. The average Bonchev–Trinajstić information content (AvgIpc) is 3.45. The van der Waals surface area contributed by atoms with E-state index in [0.29, 0.717) is 0 Å². The molecule has 33 heavy (non-hydrogen) atoms. The average molecular weight is 486 g/mol. The van der Waals surface area contributed by atoms with Gasteiger partial charge in [0.25, 0.3) is 10.0 Å². The lowest BCUT2D eigenvalue weighted by Gasteiger charge is -2.30. The molecule has 0 saturated heterocycles. The zero-order valence-corrected chi connectivity index (χ0v) is 19.8. The fraction of sp³-hybridized carbons (Fsp3) is 0.280. The van der Waals surface area contributed by atoms with E-state index in [2.05, 4.69) is 6.58 Å². The zero-order valence-electron chi connectivity index (χ0n) is 18.2. The summed E-state index contributed by atoms with van der Waals surface area (Å²) < 4.78 is 53.5. The fourth-order valence-corrected chi connectivity index (χ4v) is 7.31. The molecule has 1 aliphatic rings. The van der Waals surface area contributed by atoms with Gasteiger partial charge < -0.3 is 5.11 Å². The minimum absolute atomic E-state index is 0.0324. The van der Waals surface area contributed by atoms with E-state index in [1.54, 1.807) is 36.4 Å². The van der Waals surface area contributed by atoms with Crippen LogP contribution < -0.4 is 0 Å². The first kappa shape index (κ1) is 23.5. The van der Waals surface area contributed by atoms with Gasteiger partial charge in [0.1, 0.15) is 5.60 Å². The van der Waals surface area contributed by atoms with Gasteiger partial charge in [-0.15, -0.1) is 0 Å². The van der Waals surface area contributed by atoms with Crippen molar-refractivity contribution in [1.82, 2.24) is 3.97 Å². The summed E-state index contributed by atoms with van der Waals surface area (Å²) in [4.78, 5) is 0.224. The number of nitrogens with zero attached hydrogens (tertiary/aromatic N) is 1. The molecule has 6 nitrogen and oxygen atoms in total. The van der Waals surface area contributed by atoms with Gasteiger partial charge in [0.2, 0.25) is 0 Å². The first-order valence-electron chi connectivity index (χ1n) is 10.8. The Labute approximate surface area is 195 Å². The lowest BCUT2D eigenvalue weighted by molar-refractivity contribution is 0.0389. The summed E-state index contributed by atoms with van der Waals surface area (Å²) in [6.07, 6.45) is 5.43. The van der Waals surface area contributed by atoms with Gasteiger partial charge in [-0.3, -0.25) is 0 Å². The van der Waals surface area contributed by atoms with Crippen molar-refractivity contribution in [2.24, 2.45) is 5.92 Å². The Balaban J connectivity index is 1.73. The van der Waals surface area contributed by atoms with Crippen LogP contribution in [0.15, 0.2) is 101 Å². The topological polar surface area (TPSA) is 93.4 Å². The molecule has 2 unspecified atom stereocenters. The van der Waals surface area contributed by atoms with E-state index >= 15 is 0 Å². The molecule has 0 amide bonds. The zero-order chi connectivity index (χ0) is 23.7. The van der Waals surface area contributed by atoms with E-state index < -0.39 is 31.2 Å². The number of hydrogen-bond acceptors (Lipinski definition) is 5. The molecule has 174 valence electrons. The summed E-state index contributed by atoms with van der Waals surface area (Å²) >= 11 is 0. The molecule has 1 heterocycles. The van der Waals surface area contributed by atoms with Gasteiger partial charge in [-0.2, -0.15) is 0 Å². The predicted octanol–water partition coefficient (Wildman–Crippen LogP) is 4.13. The third-order valence-electron chi connectivity index (χ3n) is 6.27. The van der Waals surface area contributed by atoms with E-state index in [1.165, 1.54) is 42.7 Å². The number of aliphatic hydroxyl groups is 1. The number of aromatic nitrogens is 1. The highest BCUT2D eigenvalue weighted by Crippen LogP contribution is 2.41. The van der Waals surface area contributed by atoms with Gasteiger partial charge in [-0.25, -0.2) is 20.8 Å².